The number of hydrogen-bond donors (Lipinski definition) is 1. The van der Waals surface area contributed by atoms with Crippen molar-refractivity contribution in [2.45, 2.75) is 13.8 Å². The number of nitrogens with one attached hydrogen (secondary N) is 1. The Morgan fingerprint density at radius 3 is 1.67 bits per heavy atom. The minimum atomic E-state index is 0.899. The van der Waals surface area contributed by atoms with Crippen molar-refractivity contribution in [3.8, 4) is 34.2 Å². The normalized spacial score (nSPS) is 10.1. The largest absolute Gasteiger partial charge is 0.317 e. The van der Waals surface area contributed by atoms with Gasteiger partial charge in [0.2, 0.25) is 5.82 Å². The Morgan fingerprint density at radius 1 is 0.625 bits per heavy atom. The monoisotopic (exact) mass is 637 g/mol. The number of hydrogen-bond acceptors (Lipinski definition) is 7. The molecule has 0 aliphatic carbocycles. The van der Waals surface area contributed by atoms with Crippen LogP contribution in [0.5, 0.6) is 0 Å². The van der Waals surface area contributed by atoms with E-state index in [-0.39, 0.29) is 0 Å². The zero-order chi connectivity index (χ0) is 33.6. The summed E-state index contributed by atoms with van der Waals surface area (Å²) in [6, 6.07) is 40.1. The third kappa shape index (κ3) is 8.79. The Hall–Kier alpha value is -6.56. The van der Waals surface area contributed by atoms with Crippen LogP contribution >= 0.6 is 0 Å². The second-order valence-electron chi connectivity index (χ2n) is 10.4. The van der Waals surface area contributed by atoms with Crippen molar-refractivity contribution in [2.24, 2.45) is 14.1 Å². The number of nitrogens with zero attached hydrogens (tertiary/aromatic N) is 11. The van der Waals surface area contributed by atoms with E-state index >= 15 is 0 Å². The highest BCUT2D eigenvalue weighted by Gasteiger charge is 2.06. The summed E-state index contributed by atoms with van der Waals surface area (Å²) >= 11 is 0. The lowest BCUT2D eigenvalue weighted by Gasteiger charge is -2.00. The maximum Gasteiger partial charge on any atom is 0.270 e. The highest BCUT2D eigenvalue weighted by Crippen LogP contribution is 2.14. The molecule has 0 spiro atoms. The van der Waals surface area contributed by atoms with Gasteiger partial charge in [-0.15, -0.1) is 15.3 Å². The summed E-state index contributed by atoms with van der Waals surface area (Å²) in [5.74, 6) is 3.73. The molecule has 12 nitrogen and oxygen atoms in total. The number of aromatic amines is 1. The van der Waals surface area contributed by atoms with E-state index < -0.39 is 0 Å². The summed E-state index contributed by atoms with van der Waals surface area (Å²) in [5, 5.41) is 22.7. The van der Waals surface area contributed by atoms with Crippen molar-refractivity contribution in [3.05, 3.63) is 158 Å². The van der Waals surface area contributed by atoms with Gasteiger partial charge >= 0.3 is 0 Å². The Bertz CT molecular complexity index is 1760. The van der Waals surface area contributed by atoms with E-state index in [2.05, 4.69) is 40.6 Å². The highest BCUT2D eigenvalue weighted by molar-refractivity contribution is 5.54. The highest BCUT2D eigenvalue weighted by atomic mass is 15.3. The molecule has 0 unspecified atom stereocenters. The number of rotatable bonds is 4. The molecule has 1 N–H and O–H groups in total. The maximum absolute atomic E-state index is 4.14. The van der Waals surface area contributed by atoms with Crippen LogP contribution in [0.4, 0.5) is 0 Å². The predicted octanol–water partition coefficient (Wildman–Crippen LogP) is 5.53. The molecule has 4 aromatic carbocycles. The number of para-hydroxylation sites is 2. The molecule has 0 aliphatic rings. The van der Waals surface area contributed by atoms with Gasteiger partial charge in [0.25, 0.3) is 6.33 Å². The second kappa shape index (κ2) is 16.7. The van der Waals surface area contributed by atoms with Crippen molar-refractivity contribution < 1.29 is 4.57 Å². The standard InChI is InChI=1S/4C9H9N3/c1-12-7-10-11-9(12)8-5-3-2-4-6-8;1-12-9(10-7-11-12)8-5-3-2-4-6-8;1-8-11-10-7-12(8)9-5-3-2-4-6-9;1-8-10-7-11-12(8)9-5-3-2-4-6-9/h4*2-7H,1H3/p+1. The molecule has 0 fully saturated rings. The van der Waals surface area contributed by atoms with Crippen LogP contribution in [0.15, 0.2) is 147 Å². The first-order valence-electron chi connectivity index (χ1n) is 15.2. The smallest absolute Gasteiger partial charge is 0.270 e. The zero-order valence-corrected chi connectivity index (χ0v) is 27.3. The van der Waals surface area contributed by atoms with Crippen molar-refractivity contribution >= 4 is 0 Å². The van der Waals surface area contributed by atoms with Crippen LogP contribution in [0.2, 0.25) is 0 Å². The lowest BCUT2D eigenvalue weighted by Crippen LogP contribution is -2.31. The fraction of sp³-hybridized carbons (Fsp3) is 0.111. The van der Waals surface area contributed by atoms with E-state index in [4.69, 9.17) is 0 Å². The molecule has 0 saturated heterocycles. The van der Waals surface area contributed by atoms with Gasteiger partial charge in [-0.1, -0.05) is 97.1 Å². The summed E-state index contributed by atoms with van der Waals surface area (Å²) in [6.07, 6.45) is 6.58. The third-order valence-electron chi connectivity index (χ3n) is 7.00. The van der Waals surface area contributed by atoms with E-state index in [0.717, 1.165) is 45.8 Å². The van der Waals surface area contributed by atoms with Gasteiger partial charge in [-0.3, -0.25) is 0 Å². The molecule has 12 heteroatoms. The van der Waals surface area contributed by atoms with Crippen molar-refractivity contribution in [2.75, 3.05) is 0 Å². The van der Waals surface area contributed by atoms with Crippen molar-refractivity contribution in [3.63, 3.8) is 0 Å². The predicted molar refractivity (Wildman–Crippen MR) is 184 cm³/mol. The van der Waals surface area contributed by atoms with Crippen LogP contribution in [0.25, 0.3) is 34.2 Å². The summed E-state index contributed by atoms with van der Waals surface area (Å²) in [4.78, 5) is 8.18. The summed E-state index contributed by atoms with van der Waals surface area (Å²) in [5.41, 5.74) is 4.37. The third-order valence-corrected chi connectivity index (χ3v) is 7.00. The topological polar surface area (TPSA) is 125 Å². The number of aryl methyl sites for hydroxylation is 4. The maximum atomic E-state index is 4.14. The van der Waals surface area contributed by atoms with Crippen LogP contribution in [0.3, 0.4) is 0 Å². The number of benzene rings is 4. The lowest BCUT2D eigenvalue weighted by molar-refractivity contribution is -0.602. The van der Waals surface area contributed by atoms with Crippen LogP contribution in [-0.4, -0.2) is 54.5 Å². The van der Waals surface area contributed by atoms with E-state index in [1.807, 2.05) is 158 Å². The van der Waals surface area contributed by atoms with Gasteiger partial charge < -0.3 is 4.57 Å². The van der Waals surface area contributed by atoms with E-state index in [1.165, 1.54) is 0 Å². The minimum absolute atomic E-state index is 0.899. The Morgan fingerprint density at radius 2 is 1.19 bits per heavy atom. The summed E-state index contributed by atoms with van der Waals surface area (Å²) < 4.78 is 7.46. The van der Waals surface area contributed by atoms with E-state index in [9.17, 15) is 0 Å². The van der Waals surface area contributed by atoms with Gasteiger partial charge in [0.15, 0.2) is 11.6 Å². The Balaban J connectivity index is 0.000000125. The first-order chi connectivity index (χ1) is 23.5. The number of H-pyrrole nitrogens is 1. The first-order valence-corrected chi connectivity index (χ1v) is 15.2. The molecule has 4 heterocycles. The molecule has 0 saturated carbocycles. The molecule has 0 aliphatic heterocycles. The quantitative estimate of drug-likeness (QED) is 0.252. The molecule has 8 aromatic rings. The van der Waals surface area contributed by atoms with Crippen molar-refractivity contribution in [1.82, 2.24) is 54.5 Å². The lowest BCUT2D eigenvalue weighted by atomic mass is 10.2. The van der Waals surface area contributed by atoms with Crippen LogP contribution < -0.4 is 4.57 Å². The van der Waals surface area contributed by atoms with Crippen LogP contribution in [-0.2, 0) is 14.1 Å². The second-order valence-corrected chi connectivity index (χ2v) is 10.4. The average Bonchev–Trinajstić information content (AvgIpc) is 3.96. The van der Waals surface area contributed by atoms with Gasteiger partial charge in [0, 0.05) is 37.2 Å². The number of aromatic nitrogens is 12. The molecular weight excluding hydrogens is 600 g/mol. The molecule has 0 radical (unpaired) electrons. The fourth-order valence-electron chi connectivity index (χ4n) is 4.57. The Kier molecular flexibility index (Phi) is 11.4. The molecule has 4 aromatic heterocycles. The Labute approximate surface area is 279 Å². The van der Waals surface area contributed by atoms with Crippen LogP contribution in [0, 0.1) is 13.8 Å². The van der Waals surface area contributed by atoms with Gasteiger partial charge in [-0.25, -0.2) is 23.9 Å². The van der Waals surface area contributed by atoms with Gasteiger partial charge in [0.05, 0.1) is 5.69 Å². The van der Waals surface area contributed by atoms with Crippen LogP contribution in [0.1, 0.15) is 11.6 Å². The first kappa shape index (κ1) is 32.8. The van der Waals surface area contributed by atoms with E-state index in [1.54, 1.807) is 34.7 Å². The molecule has 0 bridgehead atoms. The van der Waals surface area contributed by atoms with Gasteiger partial charge in [0.1, 0.15) is 30.5 Å². The summed E-state index contributed by atoms with van der Waals surface area (Å²) in [6.45, 7) is 3.92. The molecule has 0 amide bonds. The fourth-order valence-corrected chi connectivity index (χ4v) is 4.57. The minimum Gasteiger partial charge on any atom is -0.317 e. The summed E-state index contributed by atoms with van der Waals surface area (Å²) in [7, 11) is 3.82. The van der Waals surface area contributed by atoms with Gasteiger partial charge in [-0.05, 0) is 31.2 Å². The zero-order valence-electron chi connectivity index (χ0n) is 27.3. The average molecular weight is 638 g/mol. The van der Waals surface area contributed by atoms with Gasteiger partial charge in [-0.2, -0.15) is 10.2 Å². The molecule has 48 heavy (non-hydrogen) atoms. The molecule has 240 valence electrons. The molecule has 8 rings (SSSR count). The van der Waals surface area contributed by atoms with E-state index in [0.29, 0.717) is 0 Å². The SMILES string of the molecule is Cc1[nH]nc[n+]1-c1ccccc1.Cc1ncnn1-c1ccccc1.Cn1cnnc1-c1ccccc1.Cn1ncnc1-c1ccccc1. The molecular formula is C36H37N12+. The molecule has 0 atom stereocenters. The van der Waals surface area contributed by atoms with Crippen molar-refractivity contribution in [1.29, 1.82) is 0 Å².